The fourth-order valence-corrected chi connectivity index (χ4v) is 4.95. The molecule has 8 heteroatoms. The lowest BCUT2D eigenvalue weighted by Gasteiger charge is -2.45. The first-order valence-corrected chi connectivity index (χ1v) is 9.84. The van der Waals surface area contributed by atoms with Gasteiger partial charge >= 0.3 is 0 Å². The molecule has 2 aliphatic carbocycles. The summed E-state index contributed by atoms with van der Waals surface area (Å²) in [6, 6.07) is 5.47. The van der Waals surface area contributed by atoms with Crippen molar-refractivity contribution in [3.63, 3.8) is 0 Å². The van der Waals surface area contributed by atoms with Crippen LogP contribution >= 0.6 is 11.7 Å². The maximum atomic E-state index is 13.3. The molecular weight excluding hydrogens is 355 g/mol. The summed E-state index contributed by atoms with van der Waals surface area (Å²) >= 11 is 1.14. The van der Waals surface area contributed by atoms with E-state index < -0.39 is 12.1 Å². The predicted octanol–water partition coefficient (Wildman–Crippen LogP) is 2.25. The number of carbonyl (C=O) groups excluding carboxylic acids is 2. The molecule has 3 fully saturated rings. The molecule has 2 amide bonds. The molecule has 2 heterocycles. The van der Waals surface area contributed by atoms with Crippen LogP contribution in [0.15, 0.2) is 18.2 Å². The second-order valence-electron chi connectivity index (χ2n) is 7.42. The molecule has 6 nitrogen and oxygen atoms in total. The van der Waals surface area contributed by atoms with Gasteiger partial charge in [-0.25, -0.2) is 4.39 Å². The van der Waals surface area contributed by atoms with Gasteiger partial charge in [0.05, 0.1) is 29.7 Å². The highest BCUT2D eigenvalue weighted by atomic mass is 32.1. The third-order valence-corrected chi connectivity index (χ3v) is 6.46. The van der Waals surface area contributed by atoms with E-state index in [0.29, 0.717) is 25.1 Å². The van der Waals surface area contributed by atoms with Gasteiger partial charge in [-0.05, 0) is 43.9 Å². The zero-order valence-corrected chi connectivity index (χ0v) is 15.0. The number of carbonyl (C=O) groups is 2. The van der Waals surface area contributed by atoms with E-state index in [-0.39, 0.29) is 23.9 Å². The van der Waals surface area contributed by atoms with E-state index in [4.69, 9.17) is 0 Å². The molecule has 0 bridgehead atoms. The van der Waals surface area contributed by atoms with Gasteiger partial charge in [-0.2, -0.15) is 8.75 Å². The van der Waals surface area contributed by atoms with Crippen molar-refractivity contribution >= 4 is 34.6 Å². The van der Waals surface area contributed by atoms with Crippen LogP contribution < -0.4 is 0 Å². The number of hydrogen-bond acceptors (Lipinski definition) is 5. The van der Waals surface area contributed by atoms with Gasteiger partial charge in [0.2, 0.25) is 5.91 Å². The summed E-state index contributed by atoms with van der Waals surface area (Å²) in [5.74, 6) is -0.520. The number of hydrogen-bond donors (Lipinski definition) is 0. The van der Waals surface area contributed by atoms with Gasteiger partial charge in [0, 0.05) is 18.7 Å². The van der Waals surface area contributed by atoms with Crippen molar-refractivity contribution in [2.75, 3.05) is 13.1 Å². The molecule has 2 aromatic rings. The van der Waals surface area contributed by atoms with Gasteiger partial charge in [0.25, 0.3) is 5.91 Å². The Morgan fingerprint density at radius 3 is 2.54 bits per heavy atom. The molecule has 2 saturated carbocycles. The first kappa shape index (κ1) is 16.1. The summed E-state index contributed by atoms with van der Waals surface area (Å²) in [7, 11) is 0. The number of fused-ring (bicyclic) bond motifs is 2. The van der Waals surface area contributed by atoms with Gasteiger partial charge in [-0.15, -0.1) is 0 Å². The number of nitrogens with zero attached hydrogens (tertiary/aromatic N) is 4. The van der Waals surface area contributed by atoms with Crippen LogP contribution in [0.3, 0.4) is 0 Å². The molecule has 5 rings (SSSR count). The number of halogens is 1. The fourth-order valence-electron chi connectivity index (χ4n) is 4.43. The normalized spacial score (nSPS) is 30.5. The van der Waals surface area contributed by atoms with E-state index in [1.807, 2.05) is 15.9 Å². The monoisotopic (exact) mass is 374 g/mol. The Balaban J connectivity index is 1.38. The molecule has 1 aromatic carbocycles. The van der Waals surface area contributed by atoms with E-state index in [2.05, 4.69) is 8.75 Å². The van der Waals surface area contributed by atoms with E-state index in [1.54, 1.807) is 12.1 Å². The van der Waals surface area contributed by atoms with Gasteiger partial charge < -0.3 is 9.80 Å². The molecule has 3 aliphatic rings. The number of amides is 2. The lowest BCUT2D eigenvalue weighted by atomic mass is 10.0. The second kappa shape index (κ2) is 5.97. The van der Waals surface area contributed by atoms with Crippen LogP contribution in [0.1, 0.15) is 36.0 Å². The highest BCUT2D eigenvalue weighted by molar-refractivity contribution is 7.00. The molecule has 136 valence electrons. The Hall–Kier alpha value is -2.09. The maximum Gasteiger partial charge on any atom is 0.254 e. The van der Waals surface area contributed by atoms with Crippen LogP contribution in [0.4, 0.5) is 4.39 Å². The molecule has 1 aromatic heterocycles. The summed E-state index contributed by atoms with van der Waals surface area (Å²) in [4.78, 5) is 29.4. The standard InChI is InChI=1S/C18H19FN4O2S/c19-12-9-11(12)18(25)23-7-6-22(15-2-1-3-16(15)23)17(24)10-4-5-13-14(8-10)21-26-20-13/h4-5,8,11-12,15-16H,1-3,6-7,9H2/t11-,12+,15+,16-/m0/s1. The van der Waals surface area contributed by atoms with Crippen molar-refractivity contribution < 1.29 is 14.0 Å². The van der Waals surface area contributed by atoms with Gasteiger partial charge in [0.1, 0.15) is 17.2 Å². The molecule has 0 N–H and O–H groups in total. The minimum atomic E-state index is -0.972. The highest BCUT2D eigenvalue weighted by Crippen LogP contribution is 2.39. The molecule has 0 unspecified atom stereocenters. The van der Waals surface area contributed by atoms with Crippen molar-refractivity contribution in [1.29, 1.82) is 0 Å². The predicted molar refractivity (Wildman–Crippen MR) is 94.6 cm³/mol. The Morgan fingerprint density at radius 2 is 1.77 bits per heavy atom. The van der Waals surface area contributed by atoms with Crippen LogP contribution in [0.25, 0.3) is 11.0 Å². The highest BCUT2D eigenvalue weighted by Gasteiger charge is 2.50. The second-order valence-corrected chi connectivity index (χ2v) is 7.95. The maximum absolute atomic E-state index is 13.3. The third kappa shape index (κ3) is 2.50. The zero-order valence-electron chi connectivity index (χ0n) is 14.2. The van der Waals surface area contributed by atoms with Crippen LogP contribution in [-0.4, -0.2) is 61.7 Å². The molecule has 1 saturated heterocycles. The number of alkyl halides is 1. The summed E-state index contributed by atoms with van der Waals surface area (Å²) in [5, 5.41) is 0. The number of rotatable bonds is 2. The van der Waals surface area contributed by atoms with E-state index in [0.717, 1.165) is 42.0 Å². The molecule has 1 aliphatic heterocycles. The van der Waals surface area contributed by atoms with Crippen molar-refractivity contribution in [1.82, 2.24) is 18.5 Å². The summed E-state index contributed by atoms with van der Waals surface area (Å²) < 4.78 is 21.7. The molecule has 4 atom stereocenters. The first-order valence-electron chi connectivity index (χ1n) is 9.11. The van der Waals surface area contributed by atoms with Crippen molar-refractivity contribution in [2.24, 2.45) is 5.92 Å². The van der Waals surface area contributed by atoms with Crippen molar-refractivity contribution in [2.45, 2.75) is 43.9 Å². The lowest BCUT2D eigenvalue weighted by Crippen LogP contribution is -2.60. The van der Waals surface area contributed by atoms with Crippen LogP contribution in [0.5, 0.6) is 0 Å². The Bertz CT molecular complexity index is 887. The largest absolute Gasteiger partial charge is 0.336 e. The Labute approximate surface area is 154 Å². The van der Waals surface area contributed by atoms with E-state index >= 15 is 0 Å². The topological polar surface area (TPSA) is 66.4 Å². The van der Waals surface area contributed by atoms with E-state index in [1.165, 1.54) is 0 Å². The molecule has 0 spiro atoms. The van der Waals surface area contributed by atoms with Crippen LogP contribution in [0.2, 0.25) is 0 Å². The first-order chi connectivity index (χ1) is 12.6. The van der Waals surface area contributed by atoms with Crippen molar-refractivity contribution in [3.05, 3.63) is 23.8 Å². The summed E-state index contributed by atoms with van der Waals surface area (Å²) in [6.45, 7) is 0.998. The van der Waals surface area contributed by atoms with Gasteiger partial charge in [0.15, 0.2) is 0 Å². The van der Waals surface area contributed by atoms with Gasteiger partial charge in [-0.3, -0.25) is 9.59 Å². The van der Waals surface area contributed by atoms with Crippen LogP contribution in [-0.2, 0) is 4.79 Å². The Kier molecular flexibility index (Phi) is 3.70. The van der Waals surface area contributed by atoms with Gasteiger partial charge in [-0.1, -0.05) is 0 Å². The van der Waals surface area contributed by atoms with E-state index in [9.17, 15) is 14.0 Å². The quantitative estimate of drug-likeness (QED) is 0.809. The number of benzene rings is 1. The Morgan fingerprint density at radius 1 is 1.08 bits per heavy atom. The van der Waals surface area contributed by atoms with Crippen molar-refractivity contribution in [3.8, 4) is 0 Å². The average Bonchev–Trinajstić information content (AvgIpc) is 3.06. The molecular formula is C18H19FN4O2S. The third-order valence-electron chi connectivity index (χ3n) is 5.90. The zero-order chi connectivity index (χ0) is 17.8. The summed E-state index contributed by atoms with van der Waals surface area (Å²) in [6.07, 6.45) is 2.16. The minimum absolute atomic E-state index is 0.0151. The fraction of sp³-hybridized carbons (Fsp3) is 0.556. The van der Waals surface area contributed by atoms with Crippen LogP contribution in [0, 0.1) is 5.92 Å². The minimum Gasteiger partial charge on any atom is -0.336 e. The average molecular weight is 374 g/mol. The summed E-state index contributed by atoms with van der Waals surface area (Å²) in [5.41, 5.74) is 2.15. The number of aromatic nitrogens is 2. The molecule has 0 radical (unpaired) electrons. The SMILES string of the molecule is O=C(c1ccc2nsnc2c1)N1CCN(C(=O)[C@H]2C[C@H]2F)[C@H]2CCC[C@H]21. The number of piperazine rings is 1. The smallest absolute Gasteiger partial charge is 0.254 e. The molecule has 26 heavy (non-hydrogen) atoms. The lowest BCUT2D eigenvalue weighted by molar-refractivity contribution is -0.138.